The molecule has 1 aliphatic carbocycles. The van der Waals surface area contributed by atoms with Crippen LogP contribution in [-0.2, 0) is 11.2 Å². The number of rotatable bonds is 3. The van der Waals surface area contributed by atoms with Gasteiger partial charge in [-0.05, 0) is 36.1 Å². The highest BCUT2D eigenvalue weighted by molar-refractivity contribution is 5.41. The van der Waals surface area contributed by atoms with Crippen LogP contribution >= 0.6 is 0 Å². The van der Waals surface area contributed by atoms with Crippen molar-refractivity contribution in [1.29, 1.82) is 0 Å². The first-order valence-electron chi connectivity index (χ1n) is 5.01. The molecule has 0 amide bonds. The molecule has 76 valence electrons. The van der Waals surface area contributed by atoms with Crippen molar-refractivity contribution in [2.45, 2.75) is 18.8 Å². The third-order valence-electron chi connectivity index (χ3n) is 2.92. The zero-order valence-electron chi connectivity index (χ0n) is 8.75. The van der Waals surface area contributed by atoms with Gasteiger partial charge in [-0.3, -0.25) is 0 Å². The highest BCUT2D eigenvalue weighted by atomic mass is 16.5. The van der Waals surface area contributed by atoms with Crippen LogP contribution in [-0.4, -0.2) is 20.8 Å². The smallest absolute Gasteiger partial charge is 0.119 e. The average Bonchev–Trinajstić information content (AvgIpc) is 2.61. The summed E-state index contributed by atoms with van der Waals surface area (Å²) < 4.78 is 10.4. The molecule has 0 aliphatic heterocycles. The molecule has 0 radical (unpaired) electrons. The fourth-order valence-corrected chi connectivity index (χ4v) is 2.17. The van der Waals surface area contributed by atoms with Crippen LogP contribution in [0.25, 0.3) is 0 Å². The third kappa shape index (κ3) is 1.62. The number of benzene rings is 1. The van der Waals surface area contributed by atoms with Crippen molar-refractivity contribution in [3.63, 3.8) is 0 Å². The Bertz CT molecular complexity index is 318. The lowest BCUT2D eigenvalue weighted by Gasteiger charge is -2.11. The minimum Gasteiger partial charge on any atom is -0.497 e. The summed E-state index contributed by atoms with van der Waals surface area (Å²) in [5, 5.41) is 0. The number of ether oxygens (including phenoxy) is 2. The first-order chi connectivity index (χ1) is 6.85. The summed E-state index contributed by atoms with van der Waals surface area (Å²) in [4.78, 5) is 0. The number of hydrogen-bond acceptors (Lipinski definition) is 2. The SMILES string of the molecule is COCC1CCc2ccc(OC)cc21. The lowest BCUT2D eigenvalue weighted by Crippen LogP contribution is -2.02. The fourth-order valence-electron chi connectivity index (χ4n) is 2.17. The van der Waals surface area contributed by atoms with Crippen LogP contribution < -0.4 is 4.74 Å². The maximum atomic E-state index is 5.23. The standard InChI is InChI=1S/C12H16O2/c1-13-8-10-4-3-9-5-6-11(14-2)7-12(9)10/h5-7,10H,3-4,8H2,1-2H3. The summed E-state index contributed by atoms with van der Waals surface area (Å²) in [6.45, 7) is 0.820. The first-order valence-corrected chi connectivity index (χ1v) is 5.01. The second-order valence-electron chi connectivity index (χ2n) is 3.76. The molecule has 14 heavy (non-hydrogen) atoms. The van der Waals surface area contributed by atoms with Crippen molar-refractivity contribution in [3.8, 4) is 5.75 Å². The van der Waals surface area contributed by atoms with Gasteiger partial charge < -0.3 is 9.47 Å². The highest BCUT2D eigenvalue weighted by Gasteiger charge is 2.22. The summed E-state index contributed by atoms with van der Waals surface area (Å²) in [6, 6.07) is 6.35. The molecule has 0 bridgehead atoms. The number of methoxy groups -OCH3 is 2. The summed E-state index contributed by atoms with van der Waals surface area (Å²) in [5.41, 5.74) is 2.86. The molecule has 0 saturated heterocycles. The van der Waals surface area contributed by atoms with E-state index >= 15 is 0 Å². The molecule has 1 aliphatic rings. The van der Waals surface area contributed by atoms with Crippen molar-refractivity contribution in [2.75, 3.05) is 20.8 Å². The quantitative estimate of drug-likeness (QED) is 0.732. The molecule has 1 aromatic carbocycles. The van der Waals surface area contributed by atoms with E-state index in [1.807, 2.05) is 6.07 Å². The van der Waals surface area contributed by atoms with Crippen molar-refractivity contribution in [1.82, 2.24) is 0 Å². The predicted octanol–water partition coefficient (Wildman–Crippen LogP) is 2.37. The Morgan fingerprint density at radius 2 is 2.21 bits per heavy atom. The molecule has 2 nitrogen and oxygen atoms in total. The van der Waals surface area contributed by atoms with Gasteiger partial charge in [-0.1, -0.05) is 6.07 Å². The van der Waals surface area contributed by atoms with E-state index in [0.717, 1.165) is 12.4 Å². The minimum absolute atomic E-state index is 0.560. The van der Waals surface area contributed by atoms with E-state index in [1.54, 1.807) is 14.2 Å². The molecule has 2 heteroatoms. The normalized spacial score (nSPS) is 19.4. The average molecular weight is 192 g/mol. The number of aryl methyl sites for hydroxylation is 1. The molecule has 0 fully saturated rings. The Morgan fingerprint density at radius 1 is 1.36 bits per heavy atom. The minimum atomic E-state index is 0.560. The second-order valence-corrected chi connectivity index (χ2v) is 3.76. The van der Waals surface area contributed by atoms with Crippen molar-refractivity contribution in [3.05, 3.63) is 29.3 Å². The van der Waals surface area contributed by atoms with Gasteiger partial charge in [0.1, 0.15) is 5.75 Å². The van der Waals surface area contributed by atoms with Crippen LogP contribution in [0.1, 0.15) is 23.5 Å². The van der Waals surface area contributed by atoms with Crippen LogP contribution in [0.4, 0.5) is 0 Å². The van der Waals surface area contributed by atoms with Crippen LogP contribution in [0, 0.1) is 0 Å². The summed E-state index contributed by atoms with van der Waals surface area (Å²) in [5.74, 6) is 1.51. The zero-order valence-corrected chi connectivity index (χ0v) is 8.75. The topological polar surface area (TPSA) is 18.5 Å². The fraction of sp³-hybridized carbons (Fsp3) is 0.500. The van der Waals surface area contributed by atoms with E-state index in [9.17, 15) is 0 Å². The number of hydrogen-bond donors (Lipinski definition) is 0. The Morgan fingerprint density at radius 3 is 2.93 bits per heavy atom. The predicted molar refractivity (Wildman–Crippen MR) is 55.9 cm³/mol. The van der Waals surface area contributed by atoms with Crippen molar-refractivity contribution >= 4 is 0 Å². The first kappa shape index (κ1) is 9.53. The van der Waals surface area contributed by atoms with Gasteiger partial charge in [0.15, 0.2) is 0 Å². The molecule has 0 aromatic heterocycles. The van der Waals surface area contributed by atoms with Crippen LogP contribution in [0.5, 0.6) is 5.75 Å². The lowest BCUT2D eigenvalue weighted by molar-refractivity contribution is 0.179. The summed E-state index contributed by atoms with van der Waals surface area (Å²) in [7, 11) is 3.47. The molecule has 0 spiro atoms. The Kier molecular flexibility index (Phi) is 2.73. The molecule has 0 heterocycles. The third-order valence-corrected chi connectivity index (χ3v) is 2.92. The van der Waals surface area contributed by atoms with Crippen LogP contribution in [0.3, 0.4) is 0 Å². The van der Waals surface area contributed by atoms with Gasteiger partial charge in [0.2, 0.25) is 0 Å². The molecule has 2 rings (SSSR count). The van der Waals surface area contributed by atoms with E-state index in [-0.39, 0.29) is 0 Å². The molecule has 0 N–H and O–H groups in total. The molecular weight excluding hydrogens is 176 g/mol. The van der Waals surface area contributed by atoms with Crippen LogP contribution in [0.15, 0.2) is 18.2 Å². The van der Waals surface area contributed by atoms with E-state index < -0.39 is 0 Å². The van der Waals surface area contributed by atoms with E-state index in [2.05, 4.69) is 12.1 Å². The van der Waals surface area contributed by atoms with Gasteiger partial charge >= 0.3 is 0 Å². The largest absolute Gasteiger partial charge is 0.497 e. The monoisotopic (exact) mass is 192 g/mol. The molecular formula is C12H16O2. The molecule has 1 aromatic rings. The van der Waals surface area contributed by atoms with Gasteiger partial charge in [0.25, 0.3) is 0 Å². The van der Waals surface area contributed by atoms with Crippen molar-refractivity contribution < 1.29 is 9.47 Å². The maximum absolute atomic E-state index is 5.23. The van der Waals surface area contributed by atoms with Crippen LogP contribution in [0.2, 0.25) is 0 Å². The number of fused-ring (bicyclic) bond motifs is 1. The molecule has 1 unspecified atom stereocenters. The van der Waals surface area contributed by atoms with Crippen molar-refractivity contribution in [2.24, 2.45) is 0 Å². The molecule has 0 saturated carbocycles. The van der Waals surface area contributed by atoms with Gasteiger partial charge in [0.05, 0.1) is 13.7 Å². The molecule has 1 atom stereocenters. The van der Waals surface area contributed by atoms with E-state index in [4.69, 9.17) is 9.47 Å². The van der Waals surface area contributed by atoms with Gasteiger partial charge in [-0.2, -0.15) is 0 Å². The highest BCUT2D eigenvalue weighted by Crippen LogP contribution is 2.35. The van der Waals surface area contributed by atoms with Gasteiger partial charge in [-0.25, -0.2) is 0 Å². The van der Waals surface area contributed by atoms with E-state index in [1.165, 1.54) is 24.0 Å². The summed E-state index contributed by atoms with van der Waals surface area (Å²) in [6.07, 6.45) is 2.38. The lowest BCUT2D eigenvalue weighted by atomic mass is 10.0. The Hall–Kier alpha value is -1.02. The zero-order chi connectivity index (χ0) is 9.97. The van der Waals surface area contributed by atoms with E-state index in [0.29, 0.717) is 5.92 Å². The summed E-state index contributed by atoms with van der Waals surface area (Å²) >= 11 is 0. The van der Waals surface area contributed by atoms with Gasteiger partial charge in [0, 0.05) is 13.0 Å². The van der Waals surface area contributed by atoms with Gasteiger partial charge in [-0.15, -0.1) is 0 Å². The maximum Gasteiger partial charge on any atom is 0.119 e. The Balaban J connectivity index is 2.27. The Labute approximate surface area is 84.8 Å². The second kappa shape index (κ2) is 4.01.